The maximum Gasteiger partial charge on any atom is 0.196 e. The van der Waals surface area contributed by atoms with Crippen LogP contribution in [0.5, 0.6) is 5.75 Å². The molecule has 0 aliphatic heterocycles. The molecular formula is C32H22F3O3S2+. The molecule has 0 unspecified atom stereocenters. The van der Waals surface area contributed by atoms with E-state index in [0.29, 0.717) is 5.56 Å². The van der Waals surface area contributed by atoms with Gasteiger partial charge >= 0.3 is 0 Å². The first-order valence-electron chi connectivity index (χ1n) is 12.1. The Morgan fingerprint density at radius 2 is 1.25 bits per heavy atom. The van der Waals surface area contributed by atoms with Crippen molar-refractivity contribution in [2.75, 3.05) is 6.79 Å². The van der Waals surface area contributed by atoms with E-state index in [1.165, 1.54) is 30.3 Å². The number of rotatable bonds is 9. The molecule has 5 aromatic rings. The Morgan fingerprint density at radius 1 is 0.725 bits per heavy atom. The van der Waals surface area contributed by atoms with Crippen LogP contribution in [0.25, 0.3) is 0 Å². The van der Waals surface area contributed by atoms with Gasteiger partial charge in [0.15, 0.2) is 27.3 Å². The molecule has 0 heterocycles. The zero-order valence-electron chi connectivity index (χ0n) is 20.9. The summed E-state index contributed by atoms with van der Waals surface area (Å²) in [5.41, 5.74) is 0.387. The van der Waals surface area contributed by atoms with Gasteiger partial charge < -0.3 is 9.84 Å². The molecule has 200 valence electrons. The van der Waals surface area contributed by atoms with Crippen LogP contribution in [0.15, 0.2) is 140 Å². The van der Waals surface area contributed by atoms with Gasteiger partial charge in [0, 0.05) is 10.5 Å². The summed E-state index contributed by atoms with van der Waals surface area (Å²) in [6, 6.07) is 30.8. The Labute approximate surface area is 236 Å². The highest BCUT2D eigenvalue weighted by molar-refractivity contribution is 7.99. The summed E-state index contributed by atoms with van der Waals surface area (Å²) >= 11 is 1.14. The molecule has 5 aromatic carbocycles. The number of ether oxygens (including phenoxy) is 1. The van der Waals surface area contributed by atoms with E-state index in [1.54, 1.807) is 54.6 Å². The first-order valence-corrected chi connectivity index (χ1v) is 14.2. The lowest BCUT2D eigenvalue weighted by Crippen LogP contribution is -2.07. The fourth-order valence-electron chi connectivity index (χ4n) is 4.04. The largest absolute Gasteiger partial charge is 0.467 e. The summed E-state index contributed by atoms with van der Waals surface area (Å²) in [6.07, 6.45) is 0. The Kier molecular flexibility index (Phi) is 8.60. The molecule has 0 aromatic heterocycles. The van der Waals surface area contributed by atoms with Gasteiger partial charge in [-0.1, -0.05) is 42.1 Å². The van der Waals surface area contributed by atoms with Crippen molar-refractivity contribution in [1.29, 1.82) is 0 Å². The summed E-state index contributed by atoms with van der Waals surface area (Å²) in [7, 11) is -0.625. The number of aliphatic hydroxyl groups is 1. The number of carbonyl (C=O) groups is 1. The lowest BCUT2D eigenvalue weighted by atomic mass is 10.0. The van der Waals surface area contributed by atoms with Crippen LogP contribution >= 0.6 is 11.8 Å². The lowest BCUT2D eigenvalue weighted by Gasteiger charge is -2.13. The minimum absolute atomic E-state index is 0.0140. The van der Waals surface area contributed by atoms with Gasteiger partial charge in [0.2, 0.25) is 0 Å². The van der Waals surface area contributed by atoms with Crippen molar-refractivity contribution in [3.05, 3.63) is 144 Å². The molecular weight excluding hydrogens is 553 g/mol. The highest BCUT2D eigenvalue weighted by Gasteiger charge is 2.29. The molecule has 0 atom stereocenters. The lowest BCUT2D eigenvalue weighted by molar-refractivity contribution is 0.0932. The van der Waals surface area contributed by atoms with Crippen LogP contribution in [0.3, 0.4) is 0 Å². The van der Waals surface area contributed by atoms with Crippen molar-refractivity contribution in [3.63, 3.8) is 0 Å². The van der Waals surface area contributed by atoms with E-state index in [9.17, 15) is 18.7 Å². The van der Waals surface area contributed by atoms with Crippen LogP contribution in [0.1, 0.15) is 15.9 Å². The summed E-state index contributed by atoms with van der Waals surface area (Å²) in [6.45, 7) is -0.672. The Bertz CT molecular complexity index is 1560. The number of carbonyl (C=O) groups excluding carboxylic acids is 1. The fraction of sp³-hybridized carbons (Fsp3) is 0.0312. The van der Waals surface area contributed by atoms with E-state index in [0.717, 1.165) is 37.4 Å². The number of aliphatic hydroxyl groups excluding tert-OH is 1. The molecule has 40 heavy (non-hydrogen) atoms. The molecule has 0 spiro atoms. The minimum Gasteiger partial charge on any atom is -0.467 e. The van der Waals surface area contributed by atoms with Crippen LogP contribution in [-0.4, -0.2) is 17.7 Å². The summed E-state index contributed by atoms with van der Waals surface area (Å²) in [4.78, 5) is 16.5. The van der Waals surface area contributed by atoms with Gasteiger partial charge in [0.05, 0.1) is 21.4 Å². The van der Waals surface area contributed by atoms with Gasteiger partial charge in [-0.15, -0.1) is 0 Å². The van der Waals surface area contributed by atoms with E-state index in [2.05, 4.69) is 0 Å². The van der Waals surface area contributed by atoms with Gasteiger partial charge in [0.25, 0.3) is 0 Å². The second-order valence-corrected chi connectivity index (χ2v) is 11.7. The topological polar surface area (TPSA) is 46.5 Å². The van der Waals surface area contributed by atoms with E-state index in [4.69, 9.17) is 4.74 Å². The number of halogens is 3. The number of ketones is 1. The molecule has 8 heteroatoms. The van der Waals surface area contributed by atoms with Crippen molar-refractivity contribution in [1.82, 2.24) is 0 Å². The van der Waals surface area contributed by atoms with Crippen molar-refractivity contribution in [3.8, 4) is 5.75 Å². The fourth-order valence-corrected chi connectivity index (χ4v) is 6.93. The molecule has 0 fully saturated rings. The van der Waals surface area contributed by atoms with Gasteiger partial charge in [-0.05, 0) is 84.9 Å². The van der Waals surface area contributed by atoms with Crippen LogP contribution in [0.2, 0.25) is 0 Å². The van der Waals surface area contributed by atoms with Crippen LogP contribution < -0.4 is 4.74 Å². The number of hydrogen-bond acceptors (Lipinski definition) is 4. The van der Waals surface area contributed by atoms with E-state index in [-0.39, 0.29) is 27.8 Å². The average molecular weight is 576 g/mol. The molecule has 3 nitrogen and oxygen atoms in total. The normalized spacial score (nSPS) is 11.0. The Morgan fingerprint density at radius 3 is 1.77 bits per heavy atom. The van der Waals surface area contributed by atoms with Gasteiger partial charge in [-0.3, -0.25) is 4.79 Å². The van der Waals surface area contributed by atoms with Crippen LogP contribution in [0.4, 0.5) is 13.2 Å². The first-order chi connectivity index (χ1) is 19.4. The monoisotopic (exact) mass is 575 g/mol. The van der Waals surface area contributed by atoms with Crippen molar-refractivity contribution < 1.29 is 27.8 Å². The molecule has 0 aliphatic carbocycles. The Hall–Kier alpha value is -3.98. The molecule has 0 bridgehead atoms. The molecule has 1 N–H and O–H groups in total. The van der Waals surface area contributed by atoms with E-state index >= 15 is 4.39 Å². The maximum atomic E-state index is 15.2. The van der Waals surface area contributed by atoms with Gasteiger partial charge in [-0.25, -0.2) is 13.2 Å². The zero-order chi connectivity index (χ0) is 28.1. The summed E-state index contributed by atoms with van der Waals surface area (Å²) in [5.74, 6) is -1.64. The van der Waals surface area contributed by atoms with Crippen LogP contribution in [0, 0.1) is 17.5 Å². The van der Waals surface area contributed by atoms with E-state index < -0.39 is 29.3 Å². The molecule has 0 aliphatic rings. The predicted molar refractivity (Wildman–Crippen MR) is 150 cm³/mol. The second kappa shape index (κ2) is 12.5. The highest BCUT2D eigenvalue weighted by atomic mass is 32.2. The molecule has 0 saturated carbocycles. The first kappa shape index (κ1) is 27.6. The second-order valence-electron chi connectivity index (χ2n) is 8.53. The summed E-state index contributed by atoms with van der Waals surface area (Å²) in [5, 5.41) is 9.37. The maximum absolute atomic E-state index is 15.2. The minimum atomic E-state index is -0.672. The number of benzene rings is 5. The number of hydrogen-bond donors (Lipinski definition) is 1. The predicted octanol–water partition coefficient (Wildman–Crippen LogP) is 7.91. The van der Waals surface area contributed by atoms with Crippen LogP contribution in [-0.2, 0) is 10.9 Å². The molecule has 5 rings (SSSR count). The smallest absolute Gasteiger partial charge is 0.196 e. The van der Waals surface area contributed by atoms with Crippen molar-refractivity contribution in [2.45, 2.75) is 24.5 Å². The van der Waals surface area contributed by atoms with Crippen molar-refractivity contribution >= 4 is 28.4 Å². The standard InChI is InChI=1S/C32H22F3O3S2/c33-22-6-12-25(13-7-22)40(26-14-8-23(34)9-15-26)27-16-10-24(11-17-27)39-31-19-30(38-20-36)28(18-29(31)35)32(37)21-4-2-1-3-5-21/h1-19,36H,20H2/q+1. The van der Waals surface area contributed by atoms with Gasteiger partial charge in [0.1, 0.15) is 23.2 Å². The molecule has 0 saturated heterocycles. The molecule has 0 radical (unpaired) electrons. The zero-order valence-corrected chi connectivity index (χ0v) is 22.5. The Balaban J connectivity index is 1.44. The third-order valence-electron chi connectivity index (χ3n) is 5.92. The van der Waals surface area contributed by atoms with Gasteiger partial charge in [-0.2, -0.15) is 0 Å². The average Bonchev–Trinajstić information content (AvgIpc) is 2.98. The third kappa shape index (κ3) is 6.25. The summed E-state index contributed by atoms with van der Waals surface area (Å²) < 4.78 is 47.7. The third-order valence-corrected chi connectivity index (χ3v) is 9.19. The van der Waals surface area contributed by atoms with Crippen molar-refractivity contribution in [2.24, 2.45) is 0 Å². The highest BCUT2D eigenvalue weighted by Crippen LogP contribution is 2.37. The quantitative estimate of drug-likeness (QED) is 0.110. The molecule has 0 amide bonds. The SMILES string of the molecule is O=C(c1ccccc1)c1cc(F)c(Sc2ccc([S+](c3ccc(F)cc3)c3ccc(F)cc3)cc2)cc1OCO. The van der Waals surface area contributed by atoms with E-state index in [1.807, 2.05) is 24.3 Å².